The van der Waals surface area contributed by atoms with Crippen LogP contribution in [0.3, 0.4) is 0 Å². The fourth-order valence-corrected chi connectivity index (χ4v) is 2.45. The van der Waals surface area contributed by atoms with E-state index in [1.807, 2.05) is 6.07 Å². The molecule has 0 spiro atoms. The zero-order valence-electron chi connectivity index (χ0n) is 9.82. The molecule has 1 heterocycles. The molecule has 1 aliphatic carbocycles. The summed E-state index contributed by atoms with van der Waals surface area (Å²) in [6.45, 7) is 2.24. The SMILES string of the molecule is CC1CCCC(Oc2cc(C#N)cc(Cl)n2)C1. The molecular weight excluding hydrogens is 236 g/mol. The maximum absolute atomic E-state index is 8.84. The van der Waals surface area contributed by atoms with Crippen molar-refractivity contribution < 1.29 is 4.74 Å². The van der Waals surface area contributed by atoms with Gasteiger partial charge in [0.05, 0.1) is 11.6 Å². The van der Waals surface area contributed by atoms with Gasteiger partial charge in [-0.2, -0.15) is 5.26 Å². The molecule has 17 heavy (non-hydrogen) atoms. The third kappa shape index (κ3) is 3.34. The van der Waals surface area contributed by atoms with Gasteiger partial charge < -0.3 is 4.74 Å². The summed E-state index contributed by atoms with van der Waals surface area (Å²) in [4.78, 5) is 4.09. The van der Waals surface area contributed by atoms with Gasteiger partial charge in [0, 0.05) is 6.07 Å². The number of nitrogens with zero attached hydrogens (tertiary/aromatic N) is 2. The summed E-state index contributed by atoms with van der Waals surface area (Å²) in [5.74, 6) is 1.16. The van der Waals surface area contributed by atoms with Gasteiger partial charge in [0.1, 0.15) is 11.3 Å². The number of nitriles is 1. The molecule has 2 rings (SSSR count). The predicted octanol–water partition coefficient (Wildman–Crippen LogP) is 3.56. The Hall–Kier alpha value is -1.27. The van der Waals surface area contributed by atoms with Crippen LogP contribution >= 0.6 is 11.6 Å². The third-order valence-corrected chi connectivity index (χ3v) is 3.27. The quantitative estimate of drug-likeness (QED) is 0.754. The van der Waals surface area contributed by atoms with Crippen LogP contribution in [0, 0.1) is 17.2 Å². The second-order valence-corrected chi connectivity index (χ2v) is 5.03. The standard InChI is InChI=1S/C13H15ClN2O/c1-9-3-2-4-11(5-9)17-13-7-10(8-15)6-12(14)16-13/h6-7,9,11H,2-5H2,1H3. The molecule has 3 nitrogen and oxygen atoms in total. The molecule has 1 aromatic heterocycles. The van der Waals surface area contributed by atoms with Gasteiger partial charge in [0.2, 0.25) is 5.88 Å². The minimum Gasteiger partial charge on any atom is -0.474 e. The lowest BCUT2D eigenvalue weighted by Gasteiger charge is -2.26. The number of ether oxygens (including phenoxy) is 1. The molecule has 0 radical (unpaired) electrons. The Balaban J connectivity index is 2.07. The third-order valence-electron chi connectivity index (χ3n) is 3.08. The van der Waals surface area contributed by atoms with Crippen molar-refractivity contribution in [1.82, 2.24) is 4.98 Å². The number of rotatable bonds is 2. The summed E-state index contributed by atoms with van der Waals surface area (Å²) < 4.78 is 5.80. The van der Waals surface area contributed by atoms with Crippen molar-refractivity contribution in [1.29, 1.82) is 5.26 Å². The summed E-state index contributed by atoms with van der Waals surface area (Å²) in [5, 5.41) is 9.15. The molecule has 0 bridgehead atoms. The molecule has 2 unspecified atom stereocenters. The largest absolute Gasteiger partial charge is 0.474 e. The average Bonchev–Trinajstić information content (AvgIpc) is 2.28. The summed E-state index contributed by atoms with van der Waals surface area (Å²) in [6, 6.07) is 5.23. The number of aromatic nitrogens is 1. The first-order valence-electron chi connectivity index (χ1n) is 5.91. The smallest absolute Gasteiger partial charge is 0.216 e. The Morgan fingerprint density at radius 2 is 2.29 bits per heavy atom. The fourth-order valence-electron chi connectivity index (χ4n) is 2.25. The summed E-state index contributed by atoms with van der Waals surface area (Å²) >= 11 is 5.83. The summed E-state index contributed by atoms with van der Waals surface area (Å²) in [6.07, 6.45) is 4.77. The second kappa shape index (κ2) is 5.37. The van der Waals surface area contributed by atoms with Crippen LogP contribution in [0.15, 0.2) is 12.1 Å². The highest BCUT2D eigenvalue weighted by molar-refractivity contribution is 6.29. The molecule has 1 aromatic rings. The lowest BCUT2D eigenvalue weighted by atomic mass is 9.89. The number of halogens is 1. The van der Waals surface area contributed by atoms with Crippen LogP contribution in [-0.4, -0.2) is 11.1 Å². The normalized spacial score (nSPS) is 24.1. The lowest BCUT2D eigenvalue weighted by molar-refractivity contribution is 0.124. The number of hydrogen-bond acceptors (Lipinski definition) is 3. The van der Waals surface area contributed by atoms with Gasteiger partial charge in [-0.1, -0.05) is 24.9 Å². The van der Waals surface area contributed by atoms with E-state index in [4.69, 9.17) is 21.6 Å². The molecule has 2 atom stereocenters. The molecule has 90 valence electrons. The van der Waals surface area contributed by atoms with Crippen LogP contribution in [0.2, 0.25) is 5.15 Å². The van der Waals surface area contributed by atoms with Crippen molar-refractivity contribution >= 4 is 11.6 Å². The van der Waals surface area contributed by atoms with Gasteiger partial charge in [-0.25, -0.2) is 4.98 Å². The van der Waals surface area contributed by atoms with Crippen molar-refractivity contribution in [2.24, 2.45) is 5.92 Å². The first kappa shape index (κ1) is 12.2. The molecule has 0 aromatic carbocycles. The fraction of sp³-hybridized carbons (Fsp3) is 0.538. The van der Waals surface area contributed by atoms with Gasteiger partial charge >= 0.3 is 0 Å². The van der Waals surface area contributed by atoms with E-state index in [1.54, 1.807) is 6.07 Å². The predicted molar refractivity (Wildman–Crippen MR) is 66.0 cm³/mol. The lowest BCUT2D eigenvalue weighted by Crippen LogP contribution is -2.24. The molecule has 0 aliphatic heterocycles. The monoisotopic (exact) mass is 250 g/mol. The van der Waals surface area contributed by atoms with E-state index in [2.05, 4.69) is 11.9 Å². The van der Waals surface area contributed by atoms with Crippen molar-refractivity contribution in [3.8, 4) is 11.9 Å². The maximum atomic E-state index is 8.84. The van der Waals surface area contributed by atoms with Crippen LogP contribution in [0.5, 0.6) is 5.88 Å². The van der Waals surface area contributed by atoms with Gasteiger partial charge in [-0.15, -0.1) is 0 Å². The van der Waals surface area contributed by atoms with Crippen LogP contribution in [-0.2, 0) is 0 Å². The molecule has 1 aliphatic rings. The van der Waals surface area contributed by atoms with E-state index in [0.29, 0.717) is 22.5 Å². The van der Waals surface area contributed by atoms with Gasteiger partial charge in [-0.3, -0.25) is 0 Å². The highest BCUT2D eigenvalue weighted by Gasteiger charge is 2.20. The number of pyridine rings is 1. The van der Waals surface area contributed by atoms with Gasteiger partial charge in [0.15, 0.2) is 0 Å². The van der Waals surface area contributed by atoms with E-state index < -0.39 is 0 Å². The average molecular weight is 251 g/mol. The Labute approximate surface area is 106 Å². The minimum atomic E-state index is 0.205. The topological polar surface area (TPSA) is 45.9 Å². The highest BCUT2D eigenvalue weighted by Crippen LogP contribution is 2.27. The van der Waals surface area contributed by atoms with E-state index in [9.17, 15) is 0 Å². The summed E-state index contributed by atoms with van der Waals surface area (Å²) in [7, 11) is 0. The summed E-state index contributed by atoms with van der Waals surface area (Å²) in [5.41, 5.74) is 0.490. The van der Waals surface area contributed by atoms with Crippen molar-refractivity contribution in [2.45, 2.75) is 38.7 Å². The molecule has 1 saturated carbocycles. The van der Waals surface area contributed by atoms with E-state index >= 15 is 0 Å². The highest BCUT2D eigenvalue weighted by atomic mass is 35.5. The number of hydrogen-bond donors (Lipinski definition) is 0. The minimum absolute atomic E-state index is 0.205. The molecule has 0 saturated heterocycles. The van der Waals surface area contributed by atoms with Crippen LogP contribution in [0.1, 0.15) is 38.2 Å². The first-order valence-corrected chi connectivity index (χ1v) is 6.29. The van der Waals surface area contributed by atoms with Crippen LogP contribution < -0.4 is 4.74 Å². The molecule has 0 N–H and O–H groups in total. The Morgan fingerprint density at radius 1 is 1.47 bits per heavy atom. The van der Waals surface area contributed by atoms with Crippen molar-refractivity contribution in [2.75, 3.05) is 0 Å². The van der Waals surface area contributed by atoms with Crippen LogP contribution in [0.4, 0.5) is 0 Å². The van der Waals surface area contributed by atoms with E-state index in [1.165, 1.54) is 18.9 Å². The zero-order valence-corrected chi connectivity index (χ0v) is 10.6. The van der Waals surface area contributed by atoms with Gasteiger partial charge in [-0.05, 0) is 31.2 Å². The van der Waals surface area contributed by atoms with E-state index in [0.717, 1.165) is 12.8 Å². The van der Waals surface area contributed by atoms with Gasteiger partial charge in [0.25, 0.3) is 0 Å². The van der Waals surface area contributed by atoms with E-state index in [-0.39, 0.29) is 6.10 Å². The Morgan fingerprint density at radius 3 is 3.00 bits per heavy atom. The Kier molecular flexibility index (Phi) is 3.86. The maximum Gasteiger partial charge on any atom is 0.216 e. The van der Waals surface area contributed by atoms with Crippen molar-refractivity contribution in [3.63, 3.8) is 0 Å². The molecule has 1 fully saturated rings. The molecule has 4 heteroatoms. The molecular formula is C13H15ClN2O. The van der Waals surface area contributed by atoms with Crippen LogP contribution in [0.25, 0.3) is 0 Å². The Bertz CT molecular complexity index is 442. The molecule has 0 amide bonds. The first-order chi connectivity index (χ1) is 8.17. The van der Waals surface area contributed by atoms with Crippen molar-refractivity contribution in [3.05, 3.63) is 22.8 Å². The second-order valence-electron chi connectivity index (χ2n) is 4.64. The zero-order chi connectivity index (χ0) is 12.3.